The summed E-state index contributed by atoms with van der Waals surface area (Å²) in [5.41, 5.74) is 1.08. The Bertz CT molecular complexity index is 2660. The maximum absolute atomic E-state index is 15.2. The van der Waals surface area contributed by atoms with Gasteiger partial charge in [0.2, 0.25) is 0 Å². The van der Waals surface area contributed by atoms with Crippen LogP contribution in [0.2, 0.25) is 0 Å². The van der Waals surface area contributed by atoms with Gasteiger partial charge in [0.25, 0.3) is 0 Å². The van der Waals surface area contributed by atoms with Gasteiger partial charge in [0.1, 0.15) is 17.8 Å². The molecule has 5 fully saturated rings. The van der Waals surface area contributed by atoms with Crippen molar-refractivity contribution in [3.8, 4) is 11.3 Å². The third kappa shape index (κ3) is 12.3. The summed E-state index contributed by atoms with van der Waals surface area (Å²) in [6, 6.07) is 6.32. The number of amides is 1. The Hall–Kier alpha value is -4.82. The van der Waals surface area contributed by atoms with Crippen molar-refractivity contribution in [2.75, 3.05) is 53.4 Å². The number of imidazole rings is 1. The number of rotatable bonds is 17. The molecule has 21 nitrogen and oxygen atoms in total. The minimum Gasteiger partial charge on any atom is -0.447 e. The molecule has 0 saturated carbocycles. The number of aromatic nitrogens is 7. The second-order valence-electron chi connectivity index (χ2n) is 22.4. The number of piperazine rings is 1. The van der Waals surface area contributed by atoms with Crippen LogP contribution in [0.25, 0.3) is 11.3 Å². The first-order chi connectivity index (χ1) is 36.9. The summed E-state index contributed by atoms with van der Waals surface area (Å²) in [7, 11) is 3.46. The number of alkyl halides is 1. The fraction of sp³-hybridized carbons (Fsp3) is 0.655. The van der Waals surface area contributed by atoms with Crippen LogP contribution in [0.5, 0.6) is 0 Å². The minimum absolute atomic E-state index is 0.108. The molecule has 4 aromatic heterocycles. The van der Waals surface area contributed by atoms with Gasteiger partial charge in [-0.25, -0.2) is 9.78 Å². The molecule has 0 aromatic carbocycles. The van der Waals surface area contributed by atoms with Gasteiger partial charge in [-0.15, -0.1) is 5.10 Å². The van der Waals surface area contributed by atoms with Crippen LogP contribution in [0.3, 0.4) is 0 Å². The van der Waals surface area contributed by atoms with E-state index >= 15 is 4.79 Å². The van der Waals surface area contributed by atoms with Gasteiger partial charge in [-0.1, -0.05) is 19.1 Å². The number of ether oxygens (including phenoxy) is 5. The minimum atomic E-state index is -1.40. The number of aliphatic hydroxyl groups excluding tert-OH is 1. The lowest BCUT2D eigenvalue weighted by Crippen LogP contribution is -2.71. The molecule has 9 heterocycles. The van der Waals surface area contributed by atoms with E-state index in [1.807, 2.05) is 89.7 Å². The molecule has 9 rings (SSSR count). The van der Waals surface area contributed by atoms with Crippen LogP contribution in [0.15, 0.2) is 67.8 Å². The molecular formula is C55H76IN11O10. The number of aliphatic hydroxyl groups is 1. The first-order valence-corrected chi connectivity index (χ1v) is 28.4. The van der Waals surface area contributed by atoms with Crippen molar-refractivity contribution in [3.05, 3.63) is 79.0 Å². The maximum atomic E-state index is 15.2. The Morgan fingerprint density at radius 2 is 1.69 bits per heavy atom. The normalized spacial score (nSPS) is 33.6. The Labute approximate surface area is 464 Å². The molecule has 0 aliphatic carbocycles. The Morgan fingerprint density at radius 1 is 0.935 bits per heavy atom. The van der Waals surface area contributed by atoms with Crippen molar-refractivity contribution in [2.24, 2.45) is 23.7 Å². The summed E-state index contributed by atoms with van der Waals surface area (Å²) in [6.45, 7) is 18.1. The molecule has 0 radical (unpaired) electrons. The van der Waals surface area contributed by atoms with Crippen LogP contribution in [0.4, 0.5) is 4.79 Å². The Kier molecular flexibility index (Phi) is 17.9. The largest absolute Gasteiger partial charge is 0.447 e. The predicted octanol–water partition coefficient (Wildman–Crippen LogP) is 4.69. The number of cyclic esters (lactones) is 1. The molecule has 14 atom stereocenters. The number of Topliss-reactive ketones (excluding diaryl/α,β-unsaturated/α-hetero) is 2. The van der Waals surface area contributed by atoms with Gasteiger partial charge in [0, 0.05) is 133 Å². The third-order valence-electron chi connectivity index (χ3n) is 17.0. The van der Waals surface area contributed by atoms with Crippen LogP contribution in [0.1, 0.15) is 78.5 Å². The van der Waals surface area contributed by atoms with Crippen molar-refractivity contribution in [1.82, 2.24) is 54.1 Å². The Balaban J connectivity index is 0.862. The maximum Gasteiger partial charge on any atom is 0.411 e. The fourth-order valence-corrected chi connectivity index (χ4v) is 13.1. The van der Waals surface area contributed by atoms with Crippen molar-refractivity contribution in [2.45, 2.75) is 151 Å². The van der Waals surface area contributed by atoms with Gasteiger partial charge in [-0.05, 0) is 113 Å². The highest BCUT2D eigenvalue weighted by Crippen LogP contribution is 2.53. The summed E-state index contributed by atoms with van der Waals surface area (Å²) >= 11 is 1.94. The fourth-order valence-electron chi connectivity index (χ4n) is 12.3. The summed E-state index contributed by atoms with van der Waals surface area (Å²) in [6.07, 6.45) is 10.8. The van der Waals surface area contributed by atoms with Gasteiger partial charge in [0.15, 0.2) is 21.8 Å². The zero-order valence-electron chi connectivity index (χ0n) is 45.6. The van der Waals surface area contributed by atoms with Crippen molar-refractivity contribution >= 4 is 46.2 Å². The smallest absolute Gasteiger partial charge is 0.411 e. The topological polar surface area (TPSA) is 222 Å². The summed E-state index contributed by atoms with van der Waals surface area (Å²) in [5.74, 6) is -5.00. The third-order valence-corrected chi connectivity index (χ3v) is 18.5. The van der Waals surface area contributed by atoms with E-state index in [-0.39, 0.29) is 18.3 Å². The average Bonchev–Trinajstić information content (AvgIpc) is 4.38. The van der Waals surface area contributed by atoms with Crippen molar-refractivity contribution < 1.29 is 48.0 Å². The average molecular weight is 1180 g/mol. The molecule has 1 unspecified atom stereocenters. The zero-order chi connectivity index (χ0) is 54.8. The Morgan fingerprint density at radius 3 is 2.42 bits per heavy atom. The monoisotopic (exact) mass is 1180 g/mol. The molecule has 22 heteroatoms. The highest BCUT2D eigenvalue weighted by Gasteiger charge is 2.70. The molecule has 1 amide bonds. The number of aryl methyl sites for hydroxylation is 1. The molecular weight excluding hydrogens is 1100 g/mol. The summed E-state index contributed by atoms with van der Waals surface area (Å²) in [5, 5.41) is 21.1. The van der Waals surface area contributed by atoms with Crippen LogP contribution in [-0.4, -0.2) is 194 Å². The van der Waals surface area contributed by atoms with E-state index in [1.54, 1.807) is 44.4 Å². The number of likely N-dealkylation sites (N-methyl/N-ethyl adjacent to an activating group) is 1. The lowest BCUT2D eigenvalue weighted by atomic mass is 9.66. The number of pyridine rings is 2. The van der Waals surface area contributed by atoms with E-state index in [9.17, 15) is 19.5 Å². The van der Waals surface area contributed by atoms with Crippen LogP contribution < -0.4 is 0 Å². The number of esters is 1. The molecule has 5 aliphatic heterocycles. The molecule has 77 heavy (non-hydrogen) atoms. The molecule has 0 bridgehead atoms. The van der Waals surface area contributed by atoms with Gasteiger partial charge in [-0.2, -0.15) is 0 Å². The van der Waals surface area contributed by atoms with Crippen LogP contribution >= 0.6 is 22.6 Å². The lowest BCUT2D eigenvalue weighted by Gasteiger charge is -2.54. The number of methoxy groups -OCH3 is 1. The van der Waals surface area contributed by atoms with Gasteiger partial charge in [-0.3, -0.25) is 43.7 Å². The second kappa shape index (κ2) is 24.3. The second-order valence-corrected chi connectivity index (χ2v) is 23.5. The predicted molar refractivity (Wildman–Crippen MR) is 290 cm³/mol. The van der Waals surface area contributed by atoms with Crippen molar-refractivity contribution in [1.29, 1.82) is 0 Å². The molecule has 5 saturated heterocycles. The van der Waals surface area contributed by atoms with Gasteiger partial charge < -0.3 is 38.3 Å². The van der Waals surface area contributed by atoms with E-state index in [0.29, 0.717) is 38.8 Å². The van der Waals surface area contributed by atoms with E-state index in [4.69, 9.17) is 23.7 Å². The summed E-state index contributed by atoms with van der Waals surface area (Å²) < 4.78 is 34.5. The number of carbonyl (C=O) groups excluding carboxylic acids is 4. The molecule has 1 N–H and O–H groups in total. The van der Waals surface area contributed by atoms with Crippen LogP contribution in [0, 0.1) is 23.7 Å². The summed E-state index contributed by atoms with van der Waals surface area (Å²) in [4.78, 5) is 79.1. The van der Waals surface area contributed by atoms with Crippen molar-refractivity contribution in [3.63, 3.8) is 0 Å². The SMILES string of the molecule is CO[C@]1(C)C[C@@H](C)C(=O)[C@@H]2C(CCCn3cnc(-c4cccnc4)c3)N3C(=O)O[C@](C)([C@@H](I)OC(=O)[C@H](C)C(=O)[C@H](C)[C@H]1O[C@@H]1O[C@H](C)C[C@H](N(C)CCc4cn(CCN5CCN(Cc6ccncc6)CC5)nn4)[C@H]1O)[C@@H]23. The number of hydrogen-bond acceptors (Lipinski definition) is 18. The first kappa shape index (κ1) is 56.9. The molecule has 0 spiro atoms. The molecule has 4 aromatic rings. The van der Waals surface area contributed by atoms with Crippen LogP contribution in [-0.2, 0) is 64.1 Å². The van der Waals surface area contributed by atoms with E-state index < -0.39 is 93.5 Å². The number of nitrogens with zero attached hydrogens (tertiary/aromatic N) is 11. The first-order valence-electron chi connectivity index (χ1n) is 27.2. The lowest BCUT2D eigenvalue weighted by molar-refractivity contribution is -0.296. The molecule has 418 valence electrons. The molecule has 5 aliphatic rings. The van der Waals surface area contributed by atoms with Gasteiger partial charge >= 0.3 is 12.1 Å². The quantitative estimate of drug-likeness (QED) is 0.0656. The number of ketones is 2. The highest BCUT2D eigenvalue weighted by atomic mass is 127. The van der Waals surface area contributed by atoms with Gasteiger partial charge in [0.05, 0.1) is 54.0 Å². The van der Waals surface area contributed by atoms with E-state index in [0.717, 1.165) is 62.8 Å². The number of carbonyl (C=O) groups is 4. The van der Waals surface area contributed by atoms with E-state index in [1.165, 1.54) is 19.6 Å². The highest BCUT2D eigenvalue weighted by molar-refractivity contribution is 14.1. The zero-order valence-corrected chi connectivity index (χ0v) is 47.8. The van der Waals surface area contributed by atoms with E-state index in [2.05, 4.69) is 52.1 Å². The standard InChI is InChI=1S/C55H76IN11O10/c1-34-28-54(5,73-8)49(75-51-47(70)43(27-35(2)74-51)62(7)20-15-40-31-66(61-60-40)26-25-63-21-23-64(24-22-63)30-38-13-17-57-18-14-38)36(3)46(69)37(4)50(71)76-52(56)55(6)48-44(45(34)68)42(67(48)53(72)77-55)12-10-19-65-32-41(59-33-65)39-11-9-16-58-29-39/h9,11,13-14,16-18,29,31-37,42-44,47-49,51-52,70H,10,12,15,19-28,30H2,1-8H3/t34-,35-,36+,37-,42?,43+,44+,47-,48-,49-,51+,52+,54-,55+/m1/s1. The number of hydrogen-bond donors (Lipinski definition) is 1. The number of halogens is 1.